The van der Waals surface area contributed by atoms with Crippen LogP contribution in [0.3, 0.4) is 0 Å². The topological polar surface area (TPSA) is 81.8 Å². The van der Waals surface area contributed by atoms with Crippen LogP contribution in [0.4, 0.5) is 10.5 Å². The van der Waals surface area contributed by atoms with Crippen LogP contribution in [0.2, 0.25) is 5.02 Å². The van der Waals surface area contributed by atoms with Gasteiger partial charge in [-0.3, -0.25) is 0 Å². The van der Waals surface area contributed by atoms with Crippen LogP contribution in [0.5, 0.6) is 0 Å². The molecule has 1 heterocycles. The summed E-state index contributed by atoms with van der Waals surface area (Å²) in [5.74, 6) is -0.117. The molecular weight excluding hydrogens is 436 g/mol. The molecule has 7 nitrogen and oxygen atoms in total. The van der Waals surface area contributed by atoms with Gasteiger partial charge in [-0.1, -0.05) is 48.0 Å². The molecule has 0 atom stereocenters. The SMILES string of the molecule is CC(C)NS(=O)(=O)Cc1ccccc1CNC(=O)N1CCN(c2ccccc2Cl)CC1. The van der Waals surface area contributed by atoms with Gasteiger partial charge in [0.2, 0.25) is 10.0 Å². The maximum atomic E-state index is 12.7. The summed E-state index contributed by atoms with van der Waals surface area (Å²) in [5, 5.41) is 3.64. The summed E-state index contributed by atoms with van der Waals surface area (Å²) in [7, 11) is -3.44. The van der Waals surface area contributed by atoms with Gasteiger partial charge in [-0.25, -0.2) is 17.9 Å². The molecule has 9 heteroatoms. The first-order valence-corrected chi connectivity index (χ1v) is 12.4. The fourth-order valence-electron chi connectivity index (χ4n) is 3.62. The van der Waals surface area contributed by atoms with Crippen molar-refractivity contribution in [3.63, 3.8) is 0 Å². The van der Waals surface area contributed by atoms with Gasteiger partial charge in [-0.15, -0.1) is 0 Å². The number of rotatable bonds is 7. The average molecular weight is 465 g/mol. The molecule has 1 aliphatic rings. The van der Waals surface area contributed by atoms with Crippen molar-refractivity contribution in [1.82, 2.24) is 14.9 Å². The van der Waals surface area contributed by atoms with Crippen molar-refractivity contribution in [2.24, 2.45) is 0 Å². The second kappa shape index (κ2) is 10.3. The molecule has 168 valence electrons. The Morgan fingerprint density at radius 2 is 1.61 bits per heavy atom. The number of hydrogen-bond acceptors (Lipinski definition) is 4. The fourth-order valence-corrected chi connectivity index (χ4v) is 5.37. The second-order valence-corrected chi connectivity index (χ2v) is 10.0. The van der Waals surface area contributed by atoms with Gasteiger partial charge in [0.1, 0.15) is 0 Å². The third-order valence-electron chi connectivity index (χ3n) is 5.07. The molecule has 0 radical (unpaired) electrons. The van der Waals surface area contributed by atoms with E-state index < -0.39 is 10.0 Å². The lowest BCUT2D eigenvalue weighted by Gasteiger charge is -2.36. The summed E-state index contributed by atoms with van der Waals surface area (Å²) < 4.78 is 27.2. The van der Waals surface area contributed by atoms with Crippen LogP contribution in [0.1, 0.15) is 25.0 Å². The van der Waals surface area contributed by atoms with Crippen LogP contribution in [-0.2, 0) is 22.3 Å². The second-order valence-electron chi connectivity index (χ2n) is 7.88. The molecule has 1 fully saturated rings. The molecule has 3 rings (SSSR count). The zero-order valence-electron chi connectivity index (χ0n) is 17.8. The molecule has 1 saturated heterocycles. The van der Waals surface area contributed by atoms with Crippen LogP contribution in [-0.4, -0.2) is 51.6 Å². The highest BCUT2D eigenvalue weighted by atomic mass is 35.5. The molecule has 2 N–H and O–H groups in total. The Kier molecular flexibility index (Phi) is 7.80. The maximum absolute atomic E-state index is 12.7. The van der Waals surface area contributed by atoms with Gasteiger partial charge in [0, 0.05) is 38.8 Å². The standard InChI is InChI=1S/C22H29ClN4O3S/c1-17(2)25-31(29,30)16-19-8-4-3-7-18(19)15-24-22(28)27-13-11-26(12-14-27)21-10-6-5-9-20(21)23/h3-10,17,25H,11-16H2,1-2H3,(H,24,28). The first-order chi connectivity index (χ1) is 14.7. The third kappa shape index (κ3) is 6.59. The summed E-state index contributed by atoms with van der Waals surface area (Å²) in [4.78, 5) is 16.6. The van der Waals surface area contributed by atoms with Crippen LogP contribution in [0.25, 0.3) is 0 Å². The van der Waals surface area contributed by atoms with Gasteiger partial charge in [0.05, 0.1) is 16.5 Å². The number of nitrogens with one attached hydrogen (secondary N) is 2. The minimum atomic E-state index is -3.44. The van der Waals surface area contributed by atoms with Crippen LogP contribution in [0, 0.1) is 0 Å². The van der Waals surface area contributed by atoms with Crippen LogP contribution < -0.4 is 14.9 Å². The molecule has 2 aromatic carbocycles. The van der Waals surface area contributed by atoms with Gasteiger partial charge in [0.25, 0.3) is 0 Å². The fraction of sp³-hybridized carbons (Fsp3) is 0.409. The van der Waals surface area contributed by atoms with E-state index in [0.717, 1.165) is 11.3 Å². The van der Waals surface area contributed by atoms with E-state index in [1.807, 2.05) is 36.4 Å². The lowest BCUT2D eigenvalue weighted by molar-refractivity contribution is 0.194. The van der Waals surface area contributed by atoms with Crippen LogP contribution in [0.15, 0.2) is 48.5 Å². The lowest BCUT2D eigenvalue weighted by atomic mass is 10.1. The number of benzene rings is 2. The molecule has 0 aliphatic carbocycles. The number of para-hydroxylation sites is 1. The Morgan fingerprint density at radius 1 is 1.00 bits per heavy atom. The number of piperazine rings is 1. The molecule has 0 bridgehead atoms. The quantitative estimate of drug-likeness (QED) is 0.659. The minimum Gasteiger partial charge on any atom is -0.367 e. The number of amides is 2. The molecule has 0 spiro atoms. The number of nitrogens with zero attached hydrogens (tertiary/aromatic N) is 2. The predicted molar refractivity (Wildman–Crippen MR) is 125 cm³/mol. The Hall–Kier alpha value is -2.29. The normalized spacial score (nSPS) is 14.7. The smallest absolute Gasteiger partial charge is 0.317 e. The van der Waals surface area contributed by atoms with Crippen molar-refractivity contribution in [2.75, 3.05) is 31.1 Å². The van der Waals surface area contributed by atoms with E-state index in [2.05, 4.69) is 14.9 Å². The van der Waals surface area contributed by atoms with Crippen molar-refractivity contribution < 1.29 is 13.2 Å². The number of urea groups is 1. The third-order valence-corrected chi connectivity index (χ3v) is 6.91. The Morgan fingerprint density at radius 3 is 2.26 bits per heavy atom. The molecule has 0 saturated carbocycles. The van der Waals surface area contributed by atoms with Crippen molar-refractivity contribution in [2.45, 2.75) is 32.2 Å². The Labute approximate surface area is 189 Å². The highest BCUT2D eigenvalue weighted by molar-refractivity contribution is 7.88. The summed E-state index contributed by atoms with van der Waals surface area (Å²) in [6, 6.07) is 14.7. The summed E-state index contributed by atoms with van der Waals surface area (Å²) >= 11 is 6.28. The van der Waals surface area contributed by atoms with Crippen molar-refractivity contribution >= 4 is 33.3 Å². The summed E-state index contributed by atoms with van der Waals surface area (Å²) in [6.07, 6.45) is 0. The van der Waals surface area contributed by atoms with Gasteiger partial charge < -0.3 is 15.1 Å². The number of halogens is 1. The van der Waals surface area contributed by atoms with E-state index in [0.29, 0.717) is 36.8 Å². The van der Waals surface area contributed by atoms with E-state index >= 15 is 0 Å². The first-order valence-electron chi connectivity index (χ1n) is 10.3. The van der Waals surface area contributed by atoms with Gasteiger partial charge in [-0.2, -0.15) is 0 Å². The number of carbonyl (C=O) groups excluding carboxylic acids is 1. The van der Waals surface area contributed by atoms with E-state index in [4.69, 9.17) is 11.6 Å². The predicted octanol–water partition coefficient (Wildman–Crippen LogP) is 3.20. The zero-order chi connectivity index (χ0) is 22.4. The number of carbonyl (C=O) groups is 1. The van der Waals surface area contributed by atoms with Gasteiger partial charge in [0.15, 0.2) is 0 Å². The van der Waals surface area contributed by atoms with Crippen molar-refractivity contribution in [3.8, 4) is 0 Å². The van der Waals surface area contributed by atoms with Gasteiger partial charge >= 0.3 is 6.03 Å². The lowest BCUT2D eigenvalue weighted by Crippen LogP contribution is -2.51. The Balaban J connectivity index is 1.55. The Bertz CT molecular complexity index is 1010. The van der Waals surface area contributed by atoms with Crippen molar-refractivity contribution in [3.05, 3.63) is 64.7 Å². The molecule has 31 heavy (non-hydrogen) atoms. The molecule has 0 aromatic heterocycles. The minimum absolute atomic E-state index is 0.117. The van der Waals surface area contributed by atoms with E-state index in [1.165, 1.54) is 0 Å². The number of anilines is 1. The largest absolute Gasteiger partial charge is 0.367 e. The zero-order valence-corrected chi connectivity index (χ0v) is 19.4. The van der Waals surface area contributed by atoms with E-state index in [1.54, 1.807) is 30.9 Å². The summed E-state index contributed by atoms with van der Waals surface area (Å²) in [6.45, 7) is 6.43. The average Bonchev–Trinajstić information content (AvgIpc) is 2.72. The molecule has 2 aromatic rings. The maximum Gasteiger partial charge on any atom is 0.317 e. The molecule has 1 aliphatic heterocycles. The highest BCUT2D eigenvalue weighted by Gasteiger charge is 2.22. The molecular formula is C22H29ClN4O3S. The monoisotopic (exact) mass is 464 g/mol. The highest BCUT2D eigenvalue weighted by Crippen LogP contribution is 2.26. The van der Waals surface area contributed by atoms with E-state index in [-0.39, 0.29) is 24.4 Å². The summed E-state index contributed by atoms with van der Waals surface area (Å²) in [5.41, 5.74) is 2.45. The number of sulfonamides is 1. The molecule has 0 unspecified atom stereocenters. The molecule has 2 amide bonds. The van der Waals surface area contributed by atoms with E-state index in [9.17, 15) is 13.2 Å². The number of hydrogen-bond donors (Lipinski definition) is 2. The van der Waals surface area contributed by atoms with Crippen LogP contribution >= 0.6 is 11.6 Å². The first kappa shape index (κ1) is 23.4. The van der Waals surface area contributed by atoms with Gasteiger partial charge in [-0.05, 0) is 37.1 Å². The van der Waals surface area contributed by atoms with Crippen molar-refractivity contribution in [1.29, 1.82) is 0 Å².